The highest BCUT2D eigenvalue weighted by Crippen LogP contribution is 2.14. The fourth-order valence-electron chi connectivity index (χ4n) is 1.63. The molecule has 6 nitrogen and oxygen atoms in total. The minimum absolute atomic E-state index is 0.0349. The number of carbonyl (C=O) groups is 1. The molecule has 1 heterocycles. The van der Waals surface area contributed by atoms with Crippen molar-refractivity contribution >= 4 is 22.8 Å². The van der Waals surface area contributed by atoms with Crippen molar-refractivity contribution < 1.29 is 4.79 Å². The number of H-pyrrole nitrogens is 2. The van der Waals surface area contributed by atoms with Gasteiger partial charge in [0.25, 0.3) is 0 Å². The zero-order chi connectivity index (χ0) is 14.0. The Morgan fingerprint density at radius 3 is 2.58 bits per heavy atom. The Hall–Kier alpha value is -2.24. The molecule has 0 saturated carbocycles. The number of carbonyl (C=O) groups excluding carboxylic acids is 1. The Bertz CT molecular complexity index is 648. The molecule has 0 aliphatic heterocycles. The second-order valence-electron chi connectivity index (χ2n) is 5.71. The normalized spacial score (nSPS) is 11.5. The number of hydrogen-bond donors (Lipinski definition) is 4. The van der Waals surface area contributed by atoms with Crippen LogP contribution in [0.3, 0.4) is 0 Å². The number of amides is 2. The molecule has 0 atom stereocenters. The molecule has 2 aromatic rings. The van der Waals surface area contributed by atoms with Gasteiger partial charge in [0, 0.05) is 12.2 Å². The Morgan fingerprint density at radius 2 is 1.89 bits per heavy atom. The molecule has 102 valence electrons. The first-order valence-electron chi connectivity index (χ1n) is 6.10. The smallest absolute Gasteiger partial charge is 0.323 e. The van der Waals surface area contributed by atoms with E-state index >= 15 is 0 Å². The summed E-state index contributed by atoms with van der Waals surface area (Å²) in [6, 6.07) is 4.94. The highest BCUT2D eigenvalue weighted by atomic mass is 16.2. The molecule has 0 aliphatic rings. The van der Waals surface area contributed by atoms with Crippen LogP contribution in [0.1, 0.15) is 20.8 Å². The molecule has 4 N–H and O–H groups in total. The summed E-state index contributed by atoms with van der Waals surface area (Å²) in [5, 5.41) is 5.52. The van der Waals surface area contributed by atoms with Gasteiger partial charge in [0.2, 0.25) is 0 Å². The van der Waals surface area contributed by atoms with E-state index in [0.29, 0.717) is 23.3 Å². The number of urea groups is 1. The average molecular weight is 262 g/mol. The quantitative estimate of drug-likeness (QED) is 0.667. The van der Waals surface area contributed by atoms with Crippen LogP contribution in [0, 0.1) is 5.41 Å². The second kappa shape index (κ2) is 4.79. The zero-order valence-corrected chi connectivity index (χ0v) is 11.3. The van der Waals surface area contributed by atoms with E-state index in [0.717, 1.165) is 0 Å². The Labute approximate surface area is 110 Å². The summed E-state index contributed by atoms with van der Waals surface area (Å²) >= 11 is 0. The average Bonchev–Trinajstić information content (AvgIpc) is 2.65. The lowest BCUT2D eigenvalue weighted by Crippen LogP contribution is -2.35. The van der Waals surface area contributed by atoms with Crippen molar-refractivity contribution in [3.8, 4) is 0 Å². The second-order valence-corrected chi connectivity index (χ2v) is 5.71. The van der Waals surface area contributed by atoms with Crippen LogP contribution in [0.2, 0.25) is 0 Å². The molecule has 0 aliphatic carbocycles. The van der Waals surface area contributed by atoms with Crippen LogP contribution >= 0.6 is 0 Å². The number of nitrogens with one attached hydrogen (secondary N) is 4. The van der Waals surface area contributed by atoms with Gasteiger partial charge in [-0.15, -0.1) is 0 Å². The number of hydrogen-bond acceptors (Lipinski definition) is 2. The minimum atomic E-state index is -0.260. The third-order valence-corrected chi connectivity index (χ3v) is 2.55. The molecule has 2 rings (SSSR count). The van der Waals surface area contributed by atoms with Gasteiger partial charge in [0.15, 0.2) is 0 Å². The first kappa shape index (κ1) is 13.2. The lowest BCUT2D eigenvalue weighted by molar-refractivity contribution is 0.247. The van der Waals surface area contributed by atoms with Crippen molar-refractivity contribution in [3.05, 3.63) is 28.7 Å². The zero-order valence-electron chi connectivity index (χ0n) is 11.3. The summed E-state index contributed by atoms with van der Waals surface area (Å²) in [6.45, 7) is 6.72. The van der Waals surface area contributed by atoms with Crippen LogP contribution in [0.4, 0.5) is 10.5 Å². The van der Waals surface area contributed by atoms with Gasteiger partial charge in [-0.2, -0.15) is 0 Å². The van der Waals surface area contributed by atoms with Crippen molar-refractivity contribution in [1.82, 2.24) is 15.3 Å². The number of aromatic nitrogens is 2. The molecule has 19 heavy (non-hydrogen) atoms. The van der Waals surface area contributed by atoms with Gasteiger partial charge >= 0.3 is 11.7 Å². The van der Waals surface area contributed by atoms with Gasteiger partial charge in [-0.25, -0.2) is 9.59 Å². The van der Waals surface area contributed by atoms with E-state index in [1.807, 2.05) is 20.8 Å². The van der Waals surface area contributed by atoms with Gasteiger partial charge in [-0.05, 0) is 23.6 Å². The van der Waals surface area contributed by atoms with Gasteiger partial charge in [-0.1, -0.05) is 20.8 Å². The monoisotopic (exact) mass is 262 g/mol. The van der Waals surface area contributed by atoms with E-state index in [1.165, 1.54) is 0 Å². The summed E-state index contributed by atoms with van der Waals surface area (Å²) in [6.07, 6.45) is 0. The maximum atomic E-state index is 11.7. The summed E-state index contributed by atoms with van der Waals surface area (Å²) < 4.78 is 0. The molecular weight excluding hydrogens is 244 g/mol. The molecule has 2 amide bonds. The first-order chi connectivity index (χ1) is 8.83. The number of aromatic amines is 2. The van der Waals surface area contributed by atoms with Gasteiger partial charge < -0.3 is 20.6 Å². The maximum Gasteiger partial charge on any atom is 0.323 e. The van der Waals surface area contributed by atoms with E-state index in [1.54, 1.807) is 18.2 Å². The third kappa shape index (κ3) is 3.61. The van der Waals surface area contributed by atoms with E-state index < -0.39 is 0 Å². The van der Waals surface area contributed by atoms with Crippen LogP contribution in [-0.4, -0.2) is 22.5 Å². The van der Waals surface area contributed by atoms with Crippen LogP contribution in [0.25, 0.3) is 11.0 Å². The SMILES string of the molecule is CC(C)(C)CNC(=O)Nc1ccc2[nH]c(=O)[nH]c2c1. The molecule has 0 spiro atoms. The van der Waals surface area contributed by atoms with Crippen LogP contribution in [0.15, 0.2) is 23.0 Å². The fourth-order valence-corrected chi connectivity index (χ4v) is 1.63. The topological polar surface area (TPSA) is 89.8 Å². The molecule has 0 unspecified atom stereocenters. The van der Waals surface area contributed by atoms with Gasteiger partial charge in [0.1, 0.15) is 0 Å². The van der Waals surface area contributed by atoms with Crippen molar-refractivity contribution in [2.24, 2.45) is 5.41 Å². The van der Waals surface area contributed by atoms with Gasteiger partial charge in [0.05, 0.1) is 11.0 Å². The third-order valence-electron chi connectivity index (χ3n) is 2.55. The number of rotatable bonds is 2. The van der Waals surface area contributed by atoms with E-state index in [9.17, 15) is 9.59 Å². The lowest BCUT2D eigenvalue weighted by atomic mass is 9.97. The molecule has 0 fully saturated rings. The Morgan fingerprint density at radius 1 is 1.21 bits per heavy atom. The van der Waals surface area contributed by atoms with Crippen molar-refractivity contribution in [2.75, 3.05) is 11.9 Å². The summed E-state index contributed by atoms with van der Waals surface area (Å²) in [4.78, 5) is 28.1. The van der Waals surface area contributed by atoms with Crippen LogP contribution < -0.4 is 16.3 Å². The fraction of sp³-hybridized carbons (Fsp3) is 0.385. The standard InChI is InChI=1S/C13H18N4O2/c1-13(2,3)7-14-11(18)15-8-4-5-9-10(6-8)17-12(19)16-9/h4-6H,7H2,1-3H3,(H2,14,15,18)(H2,16,17,19). The van der Waals surface area contributed by atoms with E-state index in [4.69, 9.17) is 0 Å². The first-order valence-corrected chi connectivity index (χ1v) is 6.10. The molecule has 6 heteroatoms. The van der Waals surface area contributed by atoms with Crippen LogP contribution in [-0.2, 0) is 0 Å². The number of imidazole rings is 1. The Balaban J connectivity index is 2.04. The number of benzene rings is 1. The highest BCUT2D eigenvalue weighted by Gasteiger charge is 2.12. The predicted molar refractivity (Wildman–Crippen MR) is 75.4 cm³/mol. The minimum Gasteiger partial charge on any atom is -0.337 e. The molecule has 0 radical (unpaired) electrons. The van der Waals surface area contributed by atoms with E-state index in [2.05, 4.69) is 20.6 Å². The largest absolute Gasteiger partial charge is 0.337 e. The summed E-state index contributed by atoms with van der Waals surface area (Å²) in [7, 11) is 0. The van der Waals surface area contributed by atoms with Gasteiger partial charge in [-0.3, -0.25) is 0 Å². The summed E-state index contributed by atoms with van der Waals surface area (Å²) in [5.41, 5.74) is 1.79. The molecular formula is C13H18N4O2. The van der Waals surface area contributed by atoms with Crippen molar-refractivity contribution in [3.63, 3.8) is 0 Å². The number of fused-ring (bicyclic) bond motifs is 1. The maximum absolute atomic E-state index is 11.7. The highest BCUT2D eigenvalue weighted by molar-refractivity contribution is 5.91. The lowest BCUT2D eigenvalue weighted by Gasteiger charge is -2.18. The molecule has 0 saturated heterocycles. The van der Waals surface area contributed by atoms with E-state index in [-0.39, 0.29) is 17.1 Å². The number of anilines is 1. The van der Waals surface area contributed by atoms with Crippen molar-refractivity contribution in [2.45, 2.75) is 20.8 Å². The Kier molecular flexibility index (Phi) is 3.33. The molecule has 1 aromatic carbocycles. The molecule has 0 bridgehead atoms. The molecule has 1 aromatic heterocycles. The predicted octanol–water partition coefficient (Wildman–Crippen LogP) is 2.02. The summed E-state index contributed by atoms with van der Waals surface area (Å²) in [5.74, 6) is 0. The van der Waals surface area contributed by atoms with Crippen LogP contribution in [0.5, 0.6) is 0 Å². The van der Waals surface area contributed by atoms with Crippen molar-refractivity contribution in [1.29, 1.82) is 0 Å².